The summed E-state index contributed by atoms with van der Waals surface area (Å²) in [5.41, 5.74) is -0.618. The molecule has 0 radical (unpaired) electrons. The van der Waals surface area contributed by atoms with Crippen molar-refractivity contribution in [3.8, 4) is 0 Å². The molecule has 14 heavy (non-hydrogen) atoms. The molecule has 0 saturated heterocycles. The number of rotatable bonds is 1. The van der Waals surface area contributed by atoms with Crippen LogP contribution in [0.2, 0.25) is 5.02 Å². The van der Waals surface area contributed by atoms with Crippen molar-refractivity contribution in [3.63, 3.8) is 0 Å². The lowest BCUT2D eigenvalue weighted by Crippen LogP contribution is -2.10. The summed E-state index contributed by atoms with van der Waals surface area (Å²) < 4.78 is 36.8. The first-order chi connectivity index (χ1) is 6.32. The summed E-state index contributed by atoms with van der Waals surface area (Å²) in [4.78, 5) is 3.49. The van der Waals surface area contributed by atoms with Crippen LogP contribution in [0.5, 0.6) is 0 Å². The van der Waals surface area contributed by atoms with Gasteiger partial charge in [0.25, 0.3) is 0 Å². The molecule has 0 amide bonds. The summed E-state index contributed by atoms with van der Waals surface area (Å²) in [6.07, 6.45) is -4.41. The van der Waals surface area contributed by atoms with Gasteiger partial charge >= 0.3 is 6.18 Å². The molecule has 0 aliphatic heterocycles. The highest BCUT2D eigenvalue weighted by atomic mass is 35.5. The van der Waals surface area contributed by atoms with Crippen LogP contribution in [-0.2, 0) is 6.18 Å². The predicted molar refractivity (Wildman–Crippen MR) is 48.3 cm³/mol. The zero-order chi connectivity index (χ0) is 10.9. The molecule has 0 spiro atoms. The fraction of sp³-hybridized carbons (Fsp3) is 0.444. The minimum absolute atomic E-state index is 0.121. The topological polar surface area (TPSA) is 12.9 Å². The molecule has 1 aromatic heterocycles. The fourth-order valence-electron chi connectivity index (χ4n) is 1.02. The zero-order valence-electron chi connectivity index (χ0n) is 7.69. The van der Waals surface area contributed by atoms with E-state index in [0.29, 0.717) is 0 Å². The molecule has 0 atom stereocenters. The molecule has 0 aliphatic rings. The summed E-state index contributed by atoms with van der Waals surface area (Å²) in [6, 6.07) is 2.11. The number of pyridine rings is 1. The molecule has 0 saturated carbocycles. The van der Waals surface area contributed by atoms with E-state index in [9.17, 15) is 13.2 Å². The smallest absolute Gasteiger partial charge is 0.247 e. The molecule has 0 aliphatic carbocycles. The van der Waals surface area contributed by atoms with Crippen LogP contribution in [-0.4, -0.2) is 4.98 Å². The van der Waals surface area contributed by atoms with Crippen LogP contribution in [0, 0.1) is 0 Å². The quantitative estimate of drug-likeness (QED) is 0.704. The molecule has 0 fully saturated rings. The first kappa shape index (κ1) is 11.3. The van der Waals surface area contributed by atoms with Gasteiger partial charge in [-0.2, -0.15) is 13.2 Å². The van der Waals surface area contributed by atoms with Crippen molar-refractivity contribution in [1.82, 2.24) is 4.98 Å². The molecule has 1 nitrogen and oxygen atoms in total. The maximum atomic E-state index is 12.3. The largest absolute Gasteiger partial charge is 0.433 e. The van der Waals surface area contributed by atoms with Gasteiger partial charge in [0.2, 0.25) is 0 Å². The van der Waals surface area contributed by atoms with E-state index in [1.54, 1.807) is 13.8 Å². The molecule has 0 unspecified atom stereocenters. The van der Waals surface area contributed by atoms with Crippen molar-refractivity contribution in [2.45, 2.75) is 25.9 Å². The Morgan fingerprint density at radius 2 is 1.86 bits per heavy atom. The number of nitrogens with zero attached hydrogens (tertiary/aromatic N) is 1. The van der Waals surface area contributed by atoms with Crippen molar-refractivity contribution in [2.24, 2.45) is 0 Å². The minimum Gasteiger partial charge on any atom is -0.247 e. The Kier molecular flexibility index (Phi) is 3.04. The molecule has 1 rings (SSSR count). The lowest BCUT2D eigenvalue weighted by atomic mass is 10.1. The van der Waals surface area contributed by atoms with E-state index in [1.165, 1.54) is 6.07 Å². The lowest BCUT2D eigenvalue weighted by molar-refractivity contribution is -0.141. The van der Waals surface area contributed by atoms with Crippen molar-refractivity contribution in [2.75, 3.05) is 0 Å². The van der Waals surface area contributed by atoms with Crippen LogP contribution in [0.4, 0.5) is 13.2 Å². The highest BCUT2D eigenvalue weighted by Crippen LogP contribution is 2.31. The van der Waals surface area contributed by atoms with Crippen LogP contribution in [0.1, 0.15) is 31.2 Å². The summed E-state index contributed by atoms with van der Waals surface area (Å²) in [6.45, 7) is 3.49. The number of hydrogen-bond acceptors (Lipinski definition) is 1. The fourth-order valence-corrected chi connectivity index (χ4v) is 1.34. The highest BCUT2D eigenvalue weighted by molar-refractivity contribution is 6.31. The number of aromatic nitrogens is 1. The Morgan fingerprint density at radius 3 is 2.29 bits per heavy atom. The second-order valence-corrected chi connectivity index (χ2v) is 3.62. The molecule has 0 bridgehead atoms. The van der Waals surface area contributed by atoms with Gasteiger partial charge in [-0.15, -0.1) is 0 Å². The number of halogens is 4. The Morgan fingerprint density at radius 1 is 1.29 bits per heavy atom. The molecule has 0 aromatic carbocycles. The van der Waals surface area contributed by atoms with Gasteiger partial charge in [-0.1, -0.05) is 25.4 Å². The first-order valence-corrected chi connectivity index (χ1v) is 4.44. The standard InChI is InChI=1S/C9H9ClF3N/c1-5(2)8-6(10)3-4-7(14-8)9(11,12)13/h3-5H,1-2H3. The lowest BCUT2D eigenvalue weighted by Gasteiger charge is -2.11. The molecular formula is C9H9ClF3N. The SMILES string of the molecule is CC(C)c1nc(C(F)(F)F)ccc1Cl. The minimum atomic E-state index is -4.41. The molecule has 1 aromatic rings. The van der Waals surface area contributed by atoms with E-state index in [4.69, 9.17) is 11.6 Å². The molecular weight excluding hydrogens is 215 g/mol. The average Bonchev–Trinajstić information content (AvgIpc) is 2.02. The first-order valence-electron chi connectivity index (χ1n) is 4.06. The second-order valence-electron chi connectivity index (χ2n) is 3.22. The third-order valence-electron chi connectivity index (χ3n) is 1.71. The van der Waals surface area contributed by atoms with Gasteiger partial charge in [0.05, 0.1) is 10.7 Å². The third-order valence-corrected chi connectivity index (χ3v) is 2.03. The van der Waals surface area contributed by atoms with Gasteiger partial charge in [0.1, 0.15) is 5.69 Å². The van der Waals surface area contributed by atoms with Gasteiger partial charge in [0, 0.05) is 0 Å². The number of alkyl halides is 3. The van der Waals surface area contributed by atoms with E-state index < -0.39 is 11.9 Å². The Balaban J connectivity index is 3.20. The van der Waals surface area contributed by atoms with Crippen molar-refractivity contribution in [3.05, 3.63) is 28.5 Å². The maximum Gasteiger partial charge on any atom is 0.433 e. The molecule has 5 heteroatoms. The van der Waals surface area contributed by atoms with Crippen LogP contribution in [0.15, 0.2) is 12.1 Å². The Labute approximate surface area is 84.9 Å². The van der Waals surface area contributed by atoms with E-state index in [2.05, 4.69) is 4.98 Å². The third kappa shape index (κ3) is 2.38. The maximum absolute atomic E-state index is 12.3. The Hall–Kier alpha value is -0.770. The zero-order valence-corrected chi connectivity index (χ0v) is 8.45. The van der Waals surface area contributed by atoms with Gasteiger partial charge in [-0.05, 0) is 18.1 Å². The van der Waals surface area contributed by atoms with E-state index >= 15 is 0 Å². The highest BCUT2D eigenvalue weighted by Gasteiger charge is 2.33. The van der Waals surface area contributed by atoms with Crippen molar-refractivity contribution < 1.29 is 13.2 Å². The molecule has 0 N–H and O–H groups in total. The van der Waals surface area contributed by atoms with Crippen LogP contribution in [0.25, 0.3) is 0 Å². The second kappa shape index (κ2) is 3.77. The van der Waals surface area contributed by atoms with E-state index in [1.807, 2.05) is 0 Å². The van der Waals surface area contributed by atoms with Gasteiger partial charge in [0.15, 0.2) is 0 Å². The summed E-state index contributed by atoms with van der Waals surface area (Å²) in [5.74, 6) is -0.121. The Bertz CT molecular complexity index is 333. The summed E-state index contributed by atoms with van der Waals surface area (Å²) >= 11 is 5.71. The van der Waals surface area contributed by atoms with Gasteiger partial charge in [-0.25, -0.2) is 4.98 Å². The monoisotopic (exact) mass is 223 g/mol. The average molecular weight is 224 g/mol. The van der Waals surface area contributed by atoms with Crippen LogP contribution >= 0.6 is 11.6 Å². The normalized spacial score (nSPS) is 12.2. The van der Waals surface area contributed by atoms with Gasteiger partial charge < -0.3 is 0 Å². The number of hydrogen-bond donors (Lipinski definition) is 0. The molecule has 1 heterocycles. The van der Waals surface area contributed by atoms with Crippen LogP contribution < -0.4 is 0 Å². The molecule has 78 valence electrons. The van der Waals surface area contributed by atoms with Crippen LogP contribution in [0.3, 0.4) is 0 Å². The summed E-state index contributed by atoms with van der Waals surface area (Å²) in [5, 5.41) is 0.271. The summed E-state index contributed by atoms with van der Waals surface area (Å²) in [7, 11) is 0. The predicted octanol–water partition coefficient (Wildman–Crippen LogP) is 3.88. The van der Waals surface area contributed by atoms with E-state index in [-0.39, 0.29) is 16.6 Å². The van der Waals surface area contributed by atoms with Crippen molar-refractivity contribution >= 4 is 11.6 Å². The van der Waals surface area contributed by atoms with E-state index in [0.717, 1.165) is 6.07 Å². The van der Waals surface area contributed by atoms with Gasteiger partial charge in [-0.3, -0.25) is 0 Å². The van der Waals surface area contributed by atoms with Crippen molar-refractivity contribution in [1.29, 1.82) is 0 Å².